The Morgan fingerprint density at radius 3 is 1.69 bits per heavy atom. The van der Waals surface area contributed by atoms with Crippen molar-refractivity contribution in [3.8, 4) is 0 Å². The van der Waals surface area contributed by atoms with Crippen molar-refractivity contribution in [3.05, 3.63) is 0 Å². The maximum absolute atomic E-state index is 12.3. The molecule has 0 saturated heterocycles. The molecule has 1 rings (SSSR count). The van der Waals surface area contributed by atoms with Crippen LogP contribution >= 0.6 is 34.8 Å². The first kappa shape index (κ1) is 11.7. The van der Waals surface area contributed by atoms with Crippen molar-refractivity contribution in [3.63, 3.8) is 0 Å². The zero-order chi connectivity index (χ0) is 10.7. The summed E-state index contributed by atoms with van der Waals surface area (Å²) in [5.74, 6) is -1.60. The van der Waals surface area contributed by atoms with Gasteiger partial charge in [-0.2, -0.15) is 13.2 Å². The van der Waals surface area contributed by atoms with E-state index in [-0.39, 0.29) is 0 Å². The first-order chi connectivity index (χ1) is 5.56. The topological polar surface area (TPSA) is 0 Å². The second-order valence-corrected chi connectivity index (χ2v) is 5.35. The molecule has 0 aliphatic heterocycles. The van der Waals surface area contributed by atoms with Gasteiger partial charge in [-0.25, -0.2) is 0 Å². The Hall–Kier alpha value is 0.660. The van der Waals surface area contributed by atoms with Gasteiger partial charge in [-0.05, 0) is 0 Å². The number of hydrogen-bond acceptors (Lipinski definition) is 0. The lowest BCUT2D eigenvalue weighted by atomic mass is 9.92. The van der Waals surface area contributed by atoms with Gasteiger partial charge in [-0.3, -0.25) is 0 Å². The molecular weight excluding hydrogens is 247 g/mol. The lowest BCUT2D eigenvalue weighted by molar-refractivity contribution is -0.185. The summed E-state index contributed by atoms with van der Waals surface area (Å²) >= 11 is 16.9. The van der Waals surface area contributed by atoms with E-state index in [2.05, 4.69) is 0 Å². The van der Waals surface area contributed by atoms with E-state index in [1.54, 1.807) is 0 Å². The summed E-state index contributed by atoms with van der Waals surface area (Å²) in [5.41, 5.74) is -1.28. The highest BCUT2D eigenvalue weighted by atomic mass is 35.5. The third-order valence-electron chi connectivity index (χ3n) is 2.87. The van der Waals surface area contributed by atoms with E-state index >= 15 is 0 Å². The summed E-state index contributed by atoms with van der Waals surface area (Å²) in [4.78, 5) is 0. The first-order valence-corrected chi connectivity index (χ1v) is 4.84. The molecule has 1 aliphatic rings. The van der Waals surface area contributed by atoms with Crippen molar-refractivity contribution in [2.45, 2.75) is 29.7 Å². The van der Waals surface area contributed by atoms with Crippen LogP contribution in [0, 0.1) is 11.3 Å². The Kier molecular flexibility index (Phi) is 2.55. The van der Waals surface area contributed by atoms with Crippen LogP contribution in [0.2, 0.25) is 0 Å². The average molecular weight is 255 g/mol. The minimum atomic E-state index is -4.31. The molecule has 0 heterocycles. The third-order valence-corrected chi connectivity index (χ3v) is 5.13. The van der Waals surface area contributed by atoms with Gasteiger partial charge >= 0.3 is 6.18 Å². The molecule has 3 unspecified atom stereocenters. The number of rotatable bonds is 1. The van der Waals surface area contributed by atoms with Crippen molar-refractivity contribution >= 4 is 34.8 Å². The third kappa shape index (κ3) is 1.44. The van der Waals surface area contributed by atoms with E-state index in [1.165, 1.54) is 6.92 Å². The molecule has 1 saturated carbocycles. The summed E-state index contributed by atoms with van der Waals surface area (Å²) in [5, 5.41) is -0.847. The van der Waals surface area contributed by atoms with E-state index in [0.29, 0.717) is 0 Å². The second-order valence-electron chi connectivity index (χ2n) is 3.53. The molecular formula is C7H8Cl3F3. The highest BCUT2D eigenvalue weighted by molar-refractivity contribution is 6.57. The second kappa shape index (κ2) is 2.83. The molecule has 0 bridgehead atoms. The van der Waals surface area contributed by atoms with Gasteiger partial charge in [0.2, 0.25) is 0 Å². The lowest BCUT2D eigenvalue weighted by Crippen LogP contribution is -2.30. The summed E-state index contributed by atoms with van der Waals surface area (Å²) in [6, 6.07) is 0. The summed E-state index contributed by atoms with van der Waals surface area (Å²) in [6.45, 7) is 2.39. The van der Waals surface area contributed by atoms with Crippen LogP contribution in [0.25, 0.3) is 0 Å². The lowest BCUT2D eigenvalue weighted by Gasteiger charge is -2.23. The Morgan fingerprint density at radius 1 is 1.31 bits per heavy atom. The molecule has 13 heavy (non-hydrogen) atoms. The van der Waals surface area contributed by atoms with Crippen LogP contribution in [0.4, 0.5) is 13.2 Å². The molecule has 0 aromatic rings. The predicted molar refractivity (Wildman–Crippen MR) is 47.4 cm³/mol. The molecule has 0 aromatic heterocycles. The monoisotopic (exact) mass is 254 g/mol. The van der Waals surface area contributed by atoms with E-state index in [4.69, 9.17) is 34.8 Å². The van der Waals surface area contributed by atoms with Gasteiger partial charge in [0, 0.05) is 5.41 Å². The fourth-order valence-corrected chi connectivity index (χ4v) is 2.88. The minimum Gasteiger partial charge on any atom is -0.171 e. The van der Waals surface area contributed by atoms with Gasteiger partial charge in [0.25, 0.3) is 0 Å². The molecule has 0 radical (unpaired) electrons. The number of hydrogen-bond donors (Lipinski definition) is 0. The Labute approximate surface area is 89.3 Å². The maximum Gasteiger partial charge on any atom is 0.392 e. The zero-order valence-electron chi connectivity index (χ0n) is 6.92. The highest BCUT2D eigenvalue weighted by Crippen LogP contribution is 2.72. The zero-order valence-corrected chi connectivity index (χ0v) is 9.19. The van der Waals surface area contributed by atoms with Crippen molar-refractivity contribution in [2.24, 2.45) is 11.3 Å². The summed E-state index contributed by atoms with van der Waals surface area (Å²) in [6.07, 6.45) is -4.31. The molecule has 0 aromatic carbocycles. The van der Waals surface area contributed by atoms with Gasteiger partial charge in [0.1, 0.15) is 4.33 Å². The number of alkyl halides is 6. The Balaban J connectivity index is 2.87. The normalized spacial score (nSPS) is 40.2. The number of halogens is 6. The summed E-state index contributed by atoms with van der Waals surface area (Å²) < 4.78 is 35.5. The van der Waals surface area contributed by atoms with Gasteiger partial charge in [-0.15, -0.1) is 11.6 Å². The van der Waals surface area contributed by atoms with E-state index in [9.17, 15) is 13.2 Å². The SMILES string of the molecule is CC(C(F)(F)F)C1(C)C(Cl)C1(Cl)Cl. The maximum atomic E-state index is 12.3. The van der Waals surface area contributed by atoms with Crippen LogP contribution in [0.1, 0.15) is 13.8 Å². The van der Waals surface area contributed by atoms with Crippen LogP contribution in [-0.4, -0.2) is 15.9 Å². The molecule has 1 fully saturated rings. The summed E-state index contributed by atoms with van der Waals surface area (Å²) in [7, 11) is 0. The fraction of sp³-hybridized carbons (Fsp3) is 1.00. The smallest absolute Gasteiger partial charge is 0.171 e. The van der Waals surface area contributed by atoms with Gasteiger partial charge in [-0.1, -0.05) is 37.0 Å². The van der Waals surface area contributed by atoms with Crippen molar-refractivity contribution in [1.29, 1.82) is 0 Å². The van der Waals surface area contributed by atoms with Crippen molar-refractivity contribution < 1.29 is 13.2 Å². The standard InChI is InChI=1S/C7H8Cl3F3/c1-3(7(11,12)13)5(2)4(8)6(5,9)10/h3-4H,1-2H3. The Morgan fingerprint density at radius 2 is 1.62 bits per heavy atom. The molecule has 1 aliphatic carbocycles. The van der Waals surface area contributed by atoms with Crippen LogP contribution in [-0.2, 0) is 0 Å². The van der Waals surface area contributed by atoms with Crippen LogP contribution in [0.5, 0.6) is 0 Å². The fourth-order valence-electron chi connectivity index (χ4n) is 1.35. The van der Waals surface area contributed by atoms with E-state index in [0.717, 1.165) is 6.92 Å². The molecule has 0 N–H and O–H groups in total. The van der Waals surface area contributed by atoms with Gasteiger partial charge in [0.15, 0.2) is 0 Å². The largest absolute Gasteiger partial charge is 0.392 e. The molecule has 3 atom stereocenters. The van der Waals surface area contributed by atoms with E-state index < -0.39 is 27.2 Å². The molecule has 6 heteroatoms. The predicted octanol–water partition coefficient (Wildman–Crippen LogP) is 3.99. The van der Waals surface area contributed by atoms with Gasteiger partial charge in [0.05, 0.1) is 11.3 Å². The first-order valence-electron chi connectivity index (χ1n) is 3.65. The highest BCUT2D eigenvalue weighted by Gasteiger charge is 2.78. The molecule has 0 spiro atoms. The van der Waals surface area contributed by atoms with E-state index in [1.807, 2.05) is 0 Å². The van der Waals surface area contributed by atoms with Crippen molar-refractivity contribution in [1.82, 2.24) is 0 Å². The van der Waals surface area contributed by atoms with Crippen LogP contribution in [0.15, 0.2) is 0 Å². The average Bonchev–Trinajstić information content (AvgIpc) is 2.32. The Bertz CT molecular complexity index is 226. The van der Waals surface area contributed by atoms with Crippen molar-refractivity contribution in [2.75, 3.05) is 0 Å². The quantitative estimate of drug-likeness (QED) is 0.622. The minimum absolute atomic E-state index is 0.847. The molecule has 0 amide bonds. The van der Waals surface area contributed by atoms with Gasteiger partial charge < -0.3 is 0 Å². The molecule has 0 nitrogen and oxygen atoms in total. The van der Waals surface area contributed by atoms with Crippen LogP contribution < -0.4 is 0 Å². The molecule has 78 valence electrons. The van der Waals surface area contributed by atoms with Crippen LogP contribution in [0.3, 0.4) is 0 Å².